The molecule has 21 heavy (non-hydrogen) atoms. The van der Waals surface area contributed by atoms with Crippen LogP contribution in [0.1, 0.15) is 19.4 Å². The van der Waals surface area contributed by atoms with Crippen molar-refractivity contribution < 1.29 is 9.64 Å². The maximum Gasteiger partial charge on any atom is 0.166 e. The van der Waals surface area contributed by atoms with Gasteiger partial charge in [-0.05, 0) is 29.9 Å². The Morgan fingerprint density at radius 1 is 1.19 bits per heavy atom. The van der Waals surface area contributed by atoms with E-state index in [2.05, 4.69) is 38.6 Å². The maximum absolute atomic E-state index is 5.33. The largest absolute Gasteiger partial charge is 0.497 e. The summed E-state index contributed by atoms with van der Waals surface area (Å²) < 4.78 is 5.14. The van der Waals surface area contributed by atoms with E-state index in [1.807, 2.05) is 24.3 Å². The summed E-state index contributed by atoms with van der Waals surface area (Å²) in [5.41, 5.74) is 1.39. The highest BCUT2D eigenvalue weighted by Crippen LogP contribution is 2.11. The van der Waals surface area contributed by atoms with Gasteiger partial charge in [0.25, 0.3) is 0 Å². The lowest BCUT2D eigenvalue weighted by atomic mass is 9.93. The predicted molar refractivity (Wildman–Crippen MR) is 91.9 cm³/mol. The number of nitrogens with one attached hydrogen (secondary N) is 3. The predicted octanol–water partition coefficient (Wildman–Crippen LogP) is 0.830. The minimum atomic E-state index is 0.213. The van der Waals surface area contributed by atoms with Crippen molar-refractivity contribution in [3.8, 4) is 5.75 Å². The molecule has 0 atom stereocenters. The number of methoxy groups -OCH3 is 1. The monoisotopic (exact) mass is 310 g/mol. The lowest BCUT2D eigenvalue weighted by Gasteiger charge is -2.26. The molecule has 5 heteroatoms. The van der Waals surface area contributed by atoms with Gasteiger partial charge in [0.1, 0.15) is 5.75 Å². The van der Waals surface area contributed by atoms with Gasteiger partial charge in [0.15, 0.2) is 5.11 Å². The summed E-state index contributed by atoms with van der Waals surface area (Å²) in [5.74, 6) is 0.868. The number of quaternary nitrogens is 1. The lowest BCUT2D eigenvalue weighted by molar-refractivity contribution is -0.865. The Bertz CT molecular complexity index is 443. The van der Waals surface area contributed by atoms with Crippen LogP contribution in [0.3, 0.4) is 0 Å². The van der Waals surface area contributed by atoms with Crippen molar-refractivity contribution in [1.82, 2.24) is 10.6 Å². The number of hydrogen-bond acceptors (Lipinski definition) is 2. The Labute approximate surface area is 133 Å². The van der Waals surface area contributed by atoms with Crippen LogP contribution in [0.5, 0.6) is 5.75 Å². The van der Waals surface area contributed by atoms with Crippen molar-refractivity contribution in [2.24, 2.45) is 5.41 Å². The minimum absolute atomic E-state index is 0.213. The Morgan fingerprint density at radius 2 is 1.81 bits per heavy atom. The smallest absolute Gasteiger partial charge is 0.166 e. The summed E-state index contributed by atoms with van der Waals surface area (Å²) in [4.78, 5) is 1.44. The number of ether oxygens (including phenoxy) is 1. The normalized spacial score (nSPS) is 11.3. The first-order valence-electron chi connectivity index (χ1n) is 7.26. The molecule has 0 bridgehead atoms. The minimum Gasteiger partial charge on any atom is -0.497 e. The van der Waals surface area contributed by atoms with Gasteiger partial charge in [0.05, 0.1) is 27.7 Å². The van der Waals surface area contributed by atoms with E-state index in [0.717, 1.165) is 25.4 Å². The Kier molecular flexibility index (Phi) is 6.92. The average molecular weight is 310 g/mol. The molecule has 0 amide bonds. The standard InChI is InChI=1S/C16H27N3OS/c1-16(2,12-19(3)4)11-18-15(21)17-10-13-6-8-14(20-5)9-7-13/h6-9H,10-12H2,1-5H3,(H2,17,18,21)/p+1. The van der Waals surface area contributed by atoms with Crippen molar-refractivity contribution in [1.29, 1.82) is 0 Å². The molecule has 0 saturated heterocycles. The first-order valence-corrected chi connectivity index (χ1v) is 7.67. The Morgan fingerprint density at radius 3 is 2.33 bits per heavy atom. The highest BCUT2D eigenvalue weighted by atomic mass is 32.1. The van der Waals surface area contributed by atoms with E-state index in [-0.39, 0.29) is 5.41 Å². The fraction of sp³-hybridized carbons (Fsp3) is 0.562. The summed E-state index contributed by atoms with van der Waals surface area (Å²) in [7, 11) is 6.01. The molecule has 4 nitrogen and oxygen atoms in total. The van der Waals surface area contributed by atoms with Crippen LogP contribution in [0.25, 0.3) is 0 Å². The van der Waals surface area contributed by atoms with E-state index in [1.54, 1.807) is 7.11 Å². The van der Waals surface area contributed by atoms with E-state index in [4.69, 9.17) is 17.0 Å². The molecule has 1 aromatic rings. The average Bonchev–Trinajstić information content (AvgIpc) is 2.42. The maximum atomic E-state index is 5.33. The van der Waals surface area contributed by atoms with Gasteiger partial charge in [0, 0.05) is 18.5 Å². The fourth-order valence-corrected chi connectivity index (χ4v) is 2.47. The van der Waals surface area contributed by atoms with Crippen molar-refractivity contribution in [3.63, 3.8) is 0 Å². The molecule has 0 radical (unpaired) electrons. The number of thiocarbonyl (C=S) groups is 1. The van der Waals surface area contributed by atoms with Crippen LogP contribution in [-0.4, -0.2) is 39.4 Å². The third-order valence-corrected chi connectivity index (χ3v) is 3.46. The van der Waals surface area contributed by atoms with E-state index in [0.29, 0.717) is 5.11 Å². The van der Waals surface area contributed by atoms with E-state index in [1.165, 1.54) is 10.5 Å². The quantitative estimate of drug-likeness (QED) is 0.652. The van der Waals surface area contributed by atoms with Crippen molar-refractivity contribution in [2.45, 2.75) is 20.4 Å². The lowest BCUT2D eigenvalue weighted by Crippen LogP contribution is -3.07. The summed E-state index contributed by atoms with van der Waals surface area (Å²) in [6, 6.07) is 7.98. The molecule has 0 spiro atoms. The molecule has 0 aliphatic heterocycles. The van der Waals surface area contributed by atoms with Gasteiger partial charge in [-0.1, -0.05) is 26.0 Å². The third-order valence-electron chi connectivity index (χ3n) is 3.17. The van der Waals surface area contributed by atoms with Crippen LogP contribution in [0.2, 0.25) is 0 Å². The molecule has 0 aliphatic rings. The topological polar surface area (TPSA) is 37.7 Å². The van der Waals surface area contributed by atoms with Gasteiger partial charge in [-0.15, -0.1) is 0 Å². The second-order valence-corrected chi connectivity index (χ2v) is 6.84. The van der Waals surface area contributed by atoms with E-state index >= 15 is 0 Å². The molecule has 0 aliphatic carbocycles. The highest BCUT2D eigenvalue weighted by molar-refractivity contribution is 7.80. The molecule has 3 N–H and O–H groups in total. The van der Waals surface area contributed by atoms with Crippen LogP contribution >= 0.6 is 12.2 Å². The van der Waals surface area contributed by atoms with Crippen LogP contribution in [-0.2, 0) is 6.54 Å². The molecule has 0 heterocycles. The van der Waals surface area contributed by atoms with Gasteiger partial charge in [-0.2, -0.15) is 0 Å². The first-order chi connectivity index (χ1) is 9.82. The van der Waals surface area contributed by atoms with Gasteiger partial charge in [-0.3, -0.25) is 0 Å². The van der Waals surface area contributed by atoms with Crippen LogP contribution in [0.15, 0.2) is 24.3 Å². The van der Waals surface area contributed by atoms with Crippen LogP contribution < -0.4 is 20.3 Å². The summed E-state index contributed by atoms with van der Waals surface area (Å²) in [5, 5.41) is 7.24. The number of benzene rings is 1. The van der Waals surface area contributed by atoms with Crippen LogP contribution in [0, 0.1) is 5.41 Å². The summed E-state index contributed by atoms with van der Waals surface area (Å²) in [6.45, 7) is 7.18. The highest BCUT2D eigenvalue weighted by Gasteiger charge is 2.21. The molecular formula is C16H28N3OS+. The third kappa shape index (κ3) is 7.29. The second kappa shape index (κ2) is 8.20. The van der Waals surface area contributed by atoms with Crippen LogP contribution in [0.4, 0.5) is 0 Å². The van der Waals surface area contributed by atoms with Gasteiger partial charge >= 0.3 is 0 Å². The molecule has 118 valence electrons. The molecule has 1 aromatic carbocycles. The van der Waals surface area contributed by atoms with Crippen molar-refractivity contribution >= 4 is 17.3 Å². The first kappa shape index (κ1) is 17.7. The number of hydrogen-bond donors (Lipinski definition) is 3. The number of rotatable bonds is 7. The molecule has 0 unspecified atom stereocenters. The van der Waals surface area contributed by atoms with Gasteiger partial charge in [-0.25, -0.2) is 0 Å². The summed E-state index contributed by atoms with van der Waals surface area (Å²) >= 11 is 5.33. The van der Waals surface area contributed by atoms with Gasteiger partial charge in [0.2, 0.25) is 0 Å². The zero-order valence-electron chi connectivity index (χ0n) is 13.7. The summed E-state index contributed by atoms with van der Waals surface area (Å²) in [6.07, 6.45) is 0. The SMILES string of the molecule is COc1ccc(CNC(=S)NCC(C)(C)C[NH+](C)C)cc1. The Hall–Kier alpha value is -1.33. The molecule has 0 aromatic heterocycles. The molecule has 1 rings (SSSR count). The zero-order valence-corrected chi connectivity index (χ0v) is 14.6. The zero-order chi connectivity index (χ0) is 15.9. The van der Waals surface area contributed by atoms with E-state index in [9.17, 15) is 0 Å². The molecule has 0 fully saturated rings. The Balaban J connectivity index is 2.33. The van der Waals surface area contributed by atoms with Gasteiger partial charge < -0.3 is 20.3 Å². The second-order valence-electron chi connectivity index (χ2n) is 6.43. The van der Waals surface area contributed by atoms with Crippen molar-refractivity contribution in [3.05, 3.63) is 29.8 Å². The molecule has 0 saturated carbocycles. The fourth-order valence-electron chi connectivity index (χ4n) is 2.33. The van der Waals surface area contributed by atoms with Crippen molar-refractivity contribution in [2.75, 3.05) is 34.3 Å². The molecular weight excluding hydrogens is 282 g/mol. The van der Waals surface area contributed by atoms with E-state index < -0.39 is 0 Å².